The summed E-state index contributed by atoms with van der Waals surface area (Å²) in [7, 11) is -5.60. The molecule has 2 rings (SSSR count). The van der Waals surface area contributed by atoms with Crippen LogP contribution in [-0.4, -0.2) is 20.5 Å². The summed E-state index contributed by atoms with van der Waals surface area (Å²) >= 11 is 0. The molecule has 0 aromatic heterocycles. The van der Waals surface area contributed by atoms with E-state index in [0.717, 1.165) is 11.1 Å². The van der Waals surface area contributed by atoms with Crippen LogP contribution in [0.5, 0.6) is 0 Å². The van der Waals surface area contributed by atoms with Crippen LogP contribution in [0.15, 0.2) is 66.7 Å². The molecule has 0 bridgehead atoms. The maximum atomic E-state index is 12.3. The molecule has 0 saturated carbocycles. The Hall–Kier alpha value is -2.12. The number of alkyl halides is 3. The molecule has 0 heterocycles. The van der Waals surface area contributed by atoms with Crippen molar-refractivity contribution in [3.63, 3.8) is 0 Å². The quantitative estimate of drug-likeness (QED) is 0.610. The number of rotatable bonds is 5. The van der Waals surface area contributed by atoms with Gasteiger partial charge in [0.15, 0.2) is 0 Å². The highest BCUT2D eigenvalue weighted by Crippen LogP contribution is 2.26. The maximum absolute atomic E-state index is 12.3. The average molecular weight is 342 g/mol. The van der Waals surface area contributed by atoms with E-state index < -0.39 is 22.2 Å². The molecule has 0 aliphatic carbocycles. The predicted octanol–water partition coefficient (Wildman–Crippen LogP) is 3.98. The van der Waals surface area contributed by atoms with E-state index in [4.69, 9.17) is 0 Å². The van der Waals surface area contributed by atoms with Crippen LogP contribution in [0.4, 0.5) is 13.2 Å². The number of hydrogen-bond donors (Lipinski definition) is 0. The summed E-state index contributed by atoms with van der Waals surface area (Å²) in [4.78, 5) is 0. The molecule has 0 N–H and O–H groups in total. The molecule has 3 nitrogen and oxygen atoms in total. The normalized spacial score (nSPS) is 12.0. The Bertz CT molecular complexity index is 726. The van der Waals surface area contributed by atoms with E-state index in [1.807, 2.05) is 0 Å². The van der Waals surface area contributed by atoms with Crippen LogP contribution < -0.4 is 0 Å². The van der Waals surface area contributed by atoms with Gasteiger partial charge in [0, 0.05) is 0 Å². The number of benzene rings is 2. The van der Waals surface area contributed by atoms with E-state index in [0.29, 0.717) is 5.57 Å². The largest absolute Gasteiger partial charge is 0.523 e. The molecule has 7 heteroatoms. The zero-order chi connectivity index (χ0) is 16.9. The van der Waals surface area contributed by atoms with E-state index in [9.17, 15) is 21.6 Å². The first-order valence-electron chi connectivity index (χ1n) is 6.58. The molecule has 0 aliphatic rings. The van der Waals surface area contributed by atoms with Crippen LogP contribution in [-0.2, 0) is 14.3 Å². The second kappa shape index (κ2) is 6.97. The summed E-state index contributed by atoms with van der Waals surface area (Å²) in [5.74, 6) is 0. The Morgan fingerprint density at radius 2 is 1.35 bits per heavy atom. The van der Waals surface area contributed by atoms with Gasteiger partial charge in [0.2, 0.25) is 0 Å². The average Bonchev–Trinajstić information content (AvgIpc) is 2.52. The summed E-state index contributed by atoms with van der Waals surface area (Å²) in [6.45, 7) is -0.707. The number of hydrogen-bond acceptors (Lipinski definition) is 3. The van der Waals surface area contributed by atoms with Crippen LogP contribution in [0.2, 0.25) is 0 Å². The Labute approximate surface area is 132 Å². The second-order valence-electron chi connectivity index (χ2n) is 4.53. The van der Waals surface area contributed by atoms with Gasteiger partial charge >= 0.3 is 15.6 Å². The van der Waals surface area contributed by atoms with Crippen LogP contribution in [0, 0.1) is 0 Å². The Balaban J connectivity index is 2.29. The minimum Gasteiger partial charge on any atom is -0.259 e. The smallest absolute Gasteiger partial charge is 0.259 e. The molecule has 2 aromatic rings. The molecule has 0 saturated heterocycles. The fourth-order valence-electron chi connectivity index (χ4n) is 1.91. The van der Waals surface area contributed by atoms with Gasteiger partial charge in [-0.05, 0) is 22.8 Å². The van der Waals surface area contributed by atoms with Crippen LogP contribution in [0.25, 0.3) is 5.57 Å². The van der Waals surface area contributed by atoms with Crippen molar-refractivity contribution >= 4 is 15.7 Å². The highest BCUT2D eigenvalue weighted by molar-refractivity contribution is 7.87. The third-order valence-corrected chi connectivity index (χ3v) is 3.98. The minimum absolute atomic E-state index is 0.587. The van der Waals surface area contributed by atoms with Crippen molar-refractivity contribution in [2.75, 3.05) is 6.61 Å². The SMILES string of the molecule is O=S(=O)(OCC=C(c1ccccc1)c1ccccc1)C(F)(F)F. The molecule has 0 radical (unpaired) electrons. The van der Waals surface area contributed by atoms with Crippen molar-refractivity contribution in [2.45, 2.75) is 5.51 Å². The molecule has 0 fully saturated rings. The third kappa shape index (κ3) is 4.43. The van der Waals surface area contributed by atoms with Gasteiger partial charge in [0.05, 0.1) is 6.61 Å². The highest BCUT2D eigenvalue weighted by Gasteiger charge is 2.47. The van der Waals surface area contributed by atoms with Crippen LogP contribution in [0.1, 0.15) is 11.1 Å². The molecule has 0 aliphatic heterocycles. The lowest BCUT2D eigenvalue weighted by molar-refractivity contribution is -0.0535. The zero-order valence-corrected chi connectivity index (χ0v) is 12.6. The molecule has 0 atom stereocenters. The van der Waals surface area contributed by atoms with Gasteiger partial charge in [-0.25, -0.2) is 0 Å². The van der Waals surface area contributed by atoms with Crippen molar-refractivity contribution in [2.24, 2.45) is 0 Å². The Morgan fingerprint density at radius 3 is 1.74 bits per heavy atom. The van der Waals surface area contributed by atoms with E-state index in [2.05, 4.69) is 4.18 Å². The highest BCUT2D eigenvalue weighted by atomic mass is 32.2. The fraction of sp³-hybridized carbons (Fsp3) is 0.125. The molecule has 2 aromatic carbocycles. The summed E-state index contributed by atoms with van der Waals surface area (Å²) in [5, 5.41) is 0. The summed E-state index contributed by atoms with van der Waals surface area (Å²) in [6.07, 6.45) is 1.31. The minimum atomic E-state index is -5.60. The van der Waals surface area contributed by atoms with E-state index in [1.165, 1.54) is 6.08 Å². The summed E-state index contributed by atoms with van der Waals surface area (Å²) in [5.41, 5.74) is -3.36. The lowest BCUT2D eigenvalue weighted by Crippen LogP contribution is -2.25. The zero-order valence-electron chi connectivity index (χ0n) is 11.8. The maximum Gasteiger partial charge on any atom is 0.523 e. The first-order chi connectivity index (χ1) is 10.8. The van der Waals surface area contributed by atoms with Gasteiger partial charge in [-0.2, -0.15) is 21.6 Å². The molecule has 0 unspecified atom stereocenters. The van der Waals surface area contributed by atoms with Crippen molar-refractivity contribution in [3.05, 3.63) is 77.9 Å². The van der Waals surface area contributed by atoms with Gasteiger partial charge in [-0.3, -0.25) is 4.18 Å². The van der Waals surface area contributed by atoms with Crippen molar-refractivity contribution in [1.29, 1.82) is 0 Å². The molecule has 122 valence electrons. The lowest BCUT2D eigenvalue weighted by atomic mass is 9.98. The number of halogens is 3. The van der Waals surface area contributed by atoms with Crippen molar-refractivity contribution < 1.29 is 25.8 Å². The molecular formula is C16H13F3O3S. The summed E-state index contributed by atoms with van der Waals surface area (Å²) in [6, 6.07) is 17.8. The standard InChI is InChI=1S/C16H13F3O3S/c17-16(18,19)23(20,21)22-12-11-15(13-7-3-1-4-8-13)14-9-5-2-6-10-14/h1-11H,12H2. The van der Waals surface area contributed by atoms with Gasteiger partial charge in [-0.1, -0.05) is 60.7 Å². The summed E-state index contributed by atoms with van der Waals surface area (Å²) < 4.78 is 62.7. The monoisotopic (exact) mass is 342 g/mol. The van der Waals surface area contributed by atoms with Gasteiger partial charge in [-0.15, -0.1) is 0 Å². The van der Waals surface area contributed by atoms with Gasteiger partial charge in [0.25, 0.3) is 0 Å². The second-order valence-corrected chi connectivity index (χ2v) is 6.14. The third-order valence-electron chi connectivity index (χ3n) is 2.96. The molecule has 0 amide bonds. The molecule has 23 heavy (non-hydrogen) atoms. The fourth-order valence-corrected chi connectivity index (χ4v) is 2.29. The Kier molecular flexibility index (Phi) is 5.23. The lowest BCUT2D eigenvalue weighted by Gasteiger charge is -2.10. The van der Waals surface area contributed by atoms with Crippen molar-refractivity contribution in [1.82, 2.24) is 0 Å². The molecular weight excluding hydrogens is 329 g/mol. The first-order valence-corrected chi connectivity index (χ1v) is 7.99. The van der Waals surface area contributed by atoms with E-state index >= 15 is 0 Å². The topological polar surface area (TPSA) is 43.4 Å². The predicted molar refractivity (Wildman–Crippen MR) is 80.9 cm³/mol. The van der Waals surface area contributed by atoms with E-state index in [1.54, 1.807) is 60.7 Å². The van der Waals surface area contributed by atoms with Crippen LogP contribution >= 0.6 is 0 Å². The first kappa shape index (κ1) is 17.2. The van der Waals surface area contributed by atoms with E-state index in [-0.39, 0.29) is 0 Å². The molecule has 0 spiro atoms. The van der Waals surface area contributed by atoms with Crippen LogP contribution in [0.3, 0.4) is 0 Å². The Morgan fingerprint density at radius 1 is 0.913 bits per heavy atom. The van der Waals surface area contributed by atoms with Gasteiger partial charge < -0.3 is 0 Å². The van der Waals surface area contributed by atoms with Gasteiger partial charge in [0.1, 0.15) is 0 Å². The van der Waals surface area contributed by atoms with Crippen molar-refractivity contribution in [3.8, 4) is 0 Å².